The molecule has 0 fully saturated rings. The number of halogens is 2. The Kier molecular flexibility index (Phi) is 9.62. The number of hydrogen-bond acceptors (Lipinski definition) is 5. The summed E-state index contributed by atoms with van der Waals surface area (Å²) >= 11 is 12.8. The van der Waals surface area contributed by atoms with E-state index < -0.39 is 5.91 Å². The Morgan fingerprint density at radius 3 is 2.00 bits per heavy atom. The summed E-state index contributed by atoms with van der Waals surface area (Å²) in [7, 11) is 0. The molecule has 38 heavy (non-hydrogen) atoms. The molecule has 0 aliphatic heterocycles. The lowest BCUT2D eigenvalue weighted by molar-refractivity contribution is 0.0954. The van der Waals surface area contributed by atoms with Crippen LogP contribution in [0.15, 0.2) is 96.1 Å². The fourth-order valence-corrected chi connectivity index (χ4v) is 4.14. The van der Waals surface area contributed by atoms with Gasteiger partial charge in [0, 0.05) is 5.56 Å². The van der Waals surface area contributed by atoms with Gasteiger partial charge in [0.2, 0.25) is 0 Å². The molecule has 6 nitrogen and oxygen atoms in total. The minimum absolute atomic E-state index is 0.337. The van der Waals surface area contributed by atoms with Crippen LogP contribution in [-0.2, 0) is 13.2 Å². The molecule has 0 saturated heterocycles. The lowest BCUT2D eigenvalue weighted by atomic mass is 10.2. The maximum Gasteiger partial charge on any atom is 0.271 e. The molecule has 4 rings (SSSR count). The fraction of sp³-hybridized carbons (Fsp3) is 0.133. The maximum absolute atomic E-state index is 12.7. The van der Waals surface area contributed by atoms with Gasteiger partial charge in [0.25, 0.3) is 5.91 Å². The van der Waals surface area contributed by atoms with E-state index >= 15 is 0 Å². The van der Waals surface area contributed by atoms with E-state index in [1.165, 1.54) is 6.21 Å². The highest BCUT2D eigenvalue weighted by molar-refractivity contribution is 6.37. The Morgan fingerprint density at radius 2 is 1.39 bits per heavy atom. The van der Waals surface area contributed by atoms with Crippen molar-refractivity contribution in [2.75, 3.05) is 6.61 Å². The molecule has 0 unspecified atom stereocenters. The van der Waals surface area contributed by atoms with Gasteiger partial charge in [0.05, 0.1) is 22.9 Å². The summed E-state index contributed by atoms with van der Waals surface area (Å²) in [5.74, 6) is 1.01. The van der Waals surface area contributed by atoms with E-state index in [9.17, 15) is 4.79 Å². The van der Waals surface area contributed by atoms with Gasteiger partial charge < -0.3 is 14.2 Å². The first-order valence-corrected chi connectivity index (χ1v) is 12.7. The molecular weight excluding hydrogens is 523 g/mol. The summed E-state index contributed by atoms with van der Waals surface area (Å²) in [5, 5.41) is 4.73. The van der Waals surface area contributed by atoms with E-state index in [0.717, 1.165) is 11.1 Å². The summed E-state index contributed by atoms with van der Waals surface area (Å²) in [5.41, 5.74) is 5.51. The molecule has 0 aromatic heterocycles. The van der Waals surface area contributed by atoms with Crippen molar-refractivity contribution in [3.8, 4) is 17.2 Å². The number of amides is 1. The smallest absolute Gasteiger partial charge is 0.271 e. The van der Waals surface area contributed by atoms with Crippen LogP contribution >= 0.6 is 23.2 Å². The van der Waals surface area contributed by atoms with Crippen LogP contribution in [0.3, 0.4) is 0 Å². The number of rotatable bonds is 11. The predicted molar refractivity (Wildman–Crippen MR) is 151 cm³/mol. The van der Waals surface area contributed by atoms with Crippen LogP contribution in [0.5, 0.6) is 17.2 Å². The molecule has 4 aromatic carbocycles. The quantitative estimate of drug-likeness (QED) is 0.157. The molecule has 0 aliphatic rings. The zero-order valence-corrected chi connectivity index (χ0v) is 22.2. The zero-order chi connectivity index (χ0) is 26.7. The third-order valence-corrected chi connectivity index (χ3v) is 5.93. The molecule has 194 valence electrons. The Morgan fingerprint density at radius 1 is 0.789 bits per heavy atom. The average Bonchev–Trinajstić information content (AvgIpc) is 2.93. The standard InChI is InChI=1S/C30H26Cl2N2O4/c1-2-36-28-17-24(13-14-27(28)37-19-21-9-5-3-6-10-21)30(35)34-33-18-23-15-25(31)29(26(32)16-23)38-20-22-11-7-4-8-12-22/h3-18H,2,19-20H2,1H3,(H,34,35)/b33-18+. The van der Waals surface area contributed by atoms with Gasteiger partial charge in [-0.3, -0.25) is 4.79 Å². The first-order chi connectivity index (χ1) is 18.5. The molecule has 8 heteroatoms. The van der Waals surface area contributed by atoms with Crippen LogP contribution in [-0.4, -0.2) is 18.7 Å². The molecule has 1 amide bonds. The minimum atomic E-state index is -0.406. The third-order valence-electron chi connectivity index (χ3n) is 5.37. The number of carbonyl (C=O) groups is 1. The highest BCUT2D eigenvalue weighted by atomic mass is 35.5. The highest BCUT2D eigenvalue weighted by Crippen LogP contribution is 2.34. The van der Waals surface area contributed by atoms with Gasteiger partial charge >= 0.3 is 0 Å². The van der Waals surface area contributed by atoms with Crippen molar-refractivity contribution in [2.24, 2.45) is 5.10 Å². The molecule has 4 aromatic rings. The second-order valence-electron chi connectivity index (χ2n) is 8.16. The number of nitrogens with zero attached hydrogens (tertiary/aromatic N) is 1. The molecule has 0 bridgehead atoms. The maximum atomic E-state index is 12.7. The van der Waals surface area contributed by atoms with Crippen LogP contribution in [0.1, 0.15) is 34.0 Å². The topological polar surface area (TPSA) is 69.2 Å². The molecule has 0 saturated carbocycles. The Labute approximate surface area is 231 Å². The van der Waals surface area contributed by atoms with Gasteiger partial charge in [0.15, 0.2) is 17.2 Å². The van der Waals surface area contributed by atoms with Crippen LogP contribution < -0.4 is 19.6 Å². The SMILES string of the molecule is CCOc1cc(C(=O)N/N=C/c2cc(Cl)c(OCc3ccccc3)c(Cl)c2)ccc1OCc1ccccc1. The van der Waals surface area contributed by atoms with Crippen LogP contribution in [0.4, 0.5) is 0 Å². The van der Waals surface area contributed by atoms with Crippen molar-refractivity contribution < 1.29 is 19.0 Å². The van der Waals surface area contributed by atoms with Gasteiger partial charge in [0.1, 0.15) is 13.2 Å². The van der Waals surface area contributed by atoms with E-state index in [2.05, 4.69) is 10.5 Å². The third kappa shape index (κ3) is 7.51. The predicted octanol–water partition coefficient (Wildman–Crippen LogP) is 7.31. The normalized spacial score (nSPS) is 10.8. The van der Waals surface area contributed by atoms with Gasteiger partial charge in [-0.25, -0.2) is 5.43 Å². The van der Waals surface area contributed by atoms with Gasteiger partial charge in [-0.1, -0.05) is 83.9 Å². The molecular formula is C30H26Cl2N2O4. The summed E-state index contributed by atoms with van der Waals surface area (Å²) in [6.45, 7) is 3.02. The summed E-state index contributed by atoms with van der Waals surface area (Å²) in [4.78, 5) is 12.7. The molecule has 0 heterocycles. The van der Waals surface area contributed by atoms with E-state index in [1.807, 2.05) is 67.6 Å². The molecule has 0 atom stereocenters. The Hall–Kier alpha value is -4.00. The number of nitrogens with one attached hydrogen (secondary N) is 1. The number of carbonyl (C=O) groups excluding carboxylic acids is 1. The first-order valence-electron chi connectivity index (χ1n) is 12.0. The Bertz CT molecular complexity index is 1370. The molecule has 1 N–H and O–H groups in total. The second-order valence-corrected chi connectivity index (χ2v) is 8.97. The van der Waals surface area contributed by atoms with Crippen LogP contribution in [0.2, 0.25) is 10.0 Å². The molecule has 0 radical (unpaired) electrons. The molecule has 0 aliphatic carbocycles. The highest BCUT2D eigenvalue weighted by Gasteiger charge is 2.13. The van der Waals surface area contributed by atoms with Gasteiger partial charge in [-0.05, 0) is 53.9 Å². The van der Waals surface area contributed by atoms with Crippen molar-refractivity contribution in [2.45, 2.75) is 20.1 Å². The lowest BCUT2D eigenvalue weighted by Gasteiger charge is -2.13. The van der Waals surface area contributed by atoms with Crippen molar-refractivity contribution >= 4 is 35.3 Å². The summed E-state index contributed by atoms with van der Waals surface area (Å²) < 4.78 is 17.4. The number of hydrazone groups is 1. The van der Waals surface area contributed by atoms with E-state index in [-0.39, 0.29) is 0 Å². The van der Waals surface area contributed by atoms with E-state index in [0.29, 0.717) is 58.2 Å². The van der Waals surface area contributed by atoms with Crippen molar-refractivity contribution in [1.29, 1.82) is 0 Å². The Balaban J connectivity index is 1.38. The van der Waals surface area contributed by atoms with E-state index in [1.54, 1.807) is 30.3 Å². The number of ether oxygens (including phenoxy) is 3. The van der Waals surface area contributed by atoms with Crippen LogP contribution in [0, 0.1) is 0 Å². The summed E-state index contributed by atoms with van der Waals surface area (Å²) in [6.07, 6.45) is 1.46. The number of benzene rings is 4. The van der Waals surface area contributed by atoms with Gasteiger partial charge in [-0.15, -0.1) is 0 Å². The van der Waals surface area contributed by atoms with Gasteiger partial charge in [-0.2, -0.15) is 5.10 Å². The number of hydrogen-bond donors (Lipinski definition) is 1. The second kappa shape index (κ2) is 13.5. The average molecular weight is 549 g/mol. The van der Waals surface area contributed by atoms with E-state index in [4.69, 9.17) is 37.4 Å². The fourth-order valence-electron chi connectivity index (χ4n) is 3.52. The van der Waals surface area contributed by atoms with Crippen molar-refractivity contribution in [1.82, 2.24) is 5.43 Å². The zero-order valence-electron chi connectivity index (χ0n) is 20.7. The minimum Gasteiger partial charge on any atom is -0.490 e. The lowest BCUT2D eigenvalue weighted by Crippen LogP contribution is -2.17. The largest absolute Gasteiger partial charge is 0.490 e. The van der Waals surface area contributed by atoms with Crippen molar-refractivity contribution in [3.05, 3.63) is 123 Å². The molecule has 0 spiro atoms. The van der Waals surface area contributed by atoms with Crippen molar-refractivity contribution in [3.63, 3.8) is 0 Å². The first kappa shape index (κ1) is 27.0. The summed E-state index contributed by atoms with van der Waals surface area (Å²) in [6, 6.07) is 27.8. The monoisotopic (exact) mass is 548 g/mol. The van der Waals surface area contributed by atoms with Crippen LogP contribution in [0.25, 0.3) is 0 Å².